The summed E-state index contributed by atoms with van der Waals surface area (Å²) >= 11 is 5.94. The average molecular weight is 312 g/mol. The minimum atomic E-state index is 0.0759. The van der Waals surface area contributed by atoms with Crippen LogP contribution in [0.1, 0.15) is 20.8 Å². The van der Waals surface area contributed by atoms with Crippen molar-refractivity contribution >= 4 is 17.5 Å². The molecule has 1 unspecified atom stereocenters. The highest BCUT2D eigenvalue weighted by Crippen LogP contribution is 2.13. The lowest BCUT2D eigenvalue weighted by atomic mass is 10.1. The topological polar surface area (TPSA) is 90.6 Å². The predicted octanol–water partition coefficient (Wildman–Crippen LogP) is 1.58. The molecule has 0 radical (unpaired) electrons. The second-order valence-electron chi connectivity index (χ2n) is 4.72. The van der Waals surface area contributed by atoms with E-state index >= 15 is 0 Å². The molecule has 0 saturated heterocycles. The Labute approximate surface area is 127 Å². The highest BCUT2D eigenvalue weighted by atomic mass is 35.5. The molecule has 21 heavy (non-hydrogen) atoms. The Balaban J connectivity index is 2.19. The number of rotatable bonds is 7. The molecule has 2 heterocycles. The number of hydrogen-bond acceptors (Lipinski definition) is 7. The summed E-state index contributed by atoms with van der Waals surface area (Å²) in [5.41, 5.74) is 0. The van der Waals surface area contributed by atoms with Crippen molar-refractivity contribution in [2.75, 3.05) is 18.5 Å². The van der Waals surface area contributed by atoms with Gasteiger partial charge in [-0.3, -0.25) is 0 Å². The first-order valence-corrected chi connectivity index (χ1v) is 7.08. The molecule has 114 valence electrons. The predicted molar refractivity (Wildman–Crippen MR) is 78.5 cm³/mol. The fourth-order valence-corrected chi connectivity index (χ4v) is 1.79. The molecule has 0 bridgehead atoms. The smallest absolute Gasteiger partial charge is 0.258 e. The van der Waals surface area contributed by atoms with Gasteiger partial charge in [-0.25, -0.2) is 4.98 Å². The second kappa shape index (κ2) is 7.28. The van der Waals surface area contributed by atoms with E-state index in [-0.39, 0.29) is 11.3 Å². The molecule has 0 saturated carbocycles. The van der Waals surface area contributed by atoms with Crippen LogP contribution in [0.4, 0.5) is 5.95 Å². The van der Waals surface area contributed by atoms with E-state index in [9.17, 15) is 0 Å². The monoisotopic (exact) mass is 311 g/mol. The van der Waals surface area contributed by atoms with Gasteiger partial charge in [0.2, 0.25) is 11.2 Å². The highest BCUT2D eigenvalue weighted by Gasteiger charge is 2.16. The van der Waals surface area contributed by atoms with Crippen LogP contribution < -0.4 is 5.32 Å². The molecule has 2 aromatic heterocycles. The summed E-state index contributed by atoms with van der Waals surface area (Å²) in [6, 6.07) is 0.0759. The van der Waals surface area contributed by atoms with Crippen molar-refractivity contribution in [1.82, 2.24) is 29.7 Å². The quantitative estimate of drug-likeness (QED) is 0.830. The number of anilines is 1. The first-order chi connectivity index (χ1) is 10.1. The van der Waals surface area contributed by atoms with Crippen molar-refractivity contribution in [2.45, 2.75) is 26.8 Å². The molecule has 0 aliphatic heterocycles. The summed E-state index contributed by atoms with van der Waals surface area (Å²) in [7, 11) is 0. The SMILES string of the molecule is CCOCC(Nc1nc(Cl)nc(-n2cncn2)n1)C(C)C. The first kappa shape index (κ1) is 15.6. The molecule has 0 aliphatic rings. The molecule has 0 amide bonds. The molecule has 0 aliphatic carbocycles. The van der Waals surface area contributed by atoms with Gasteiger partial charge in [0.15, 0.2) is 0 Å². The molecule has 8 nitrogen and oxygen atoms in total. The average Bonchev–Trinajstić information content (AvgIpc) is 2.96. The van der Waals surface area contributed by atoms with E-state index < -0.39 is 0 Å². The van der Waals surface area contributed by atoms with Gasteiger partial charge in [-0.15, -0.1) is 0 Å². The van der Waals surface area contributed by atoms with Gasteiger partial charge in [0, 0.05) is 6.61 Å². The van der Waals surface area contributed by atoms with Crippen LogP contribution in [0.2, 0.25) is 5.28 Å². The zero-order valence-electron chi connectivity index (χ0n) is 12.2. The molecule has 2 aromatic rings. The van der Waals surface area contributed by atoms with Crippen molar-refractivity contribution in [1.29, 1.82) is 0 Å². The number of hydrogen-bond donors (Lipinski definition) is 1. The van der Waals surface area contributed by atoms with E-state index in [2.05, 4.69) is 44.2 Å². The van der Waals surface area contributed by atoms with E-state index in [0.717, 1.165) is 0 Å². The van der Waals surface area contributed by atoms with Crippen LogP contribution in [0.15, 0.2) is 12.7 Å². The van der Waals surface area contributed by atoms with Crippen molar-refractivity contribution in [3.05, 3.63) is 17.9 Å². The lowest BCUT2D eigenvalue weighted by Gasteiger charge is -2.22. The summed E-state index contributed by atoms with van der Waals surface area (Å²) in [5, 5.41) is 7.29. The maximum absolute atomic E-state index is 5.94. The summed E-state index contributed by atoms with van der Waals surface area (Å²) in [4.78, 5) is 16.3. The van der Waals surface area contributed by atoms with Gasteiger partial charge < -0.3 is 10.1 Å². The Morgan fingerprint density at radius 2 is 2.14 bits per heavy atom. The van der Waals surface area contributed by atoms with Crippen LogP contribution in [0.3, 0.4) is 0 Å². The van der Waals surface area contributed by atoms with Gasteiger partial charge in [0.25, 0.3) is 5.95 Å². The Hall–Kier alpha value is -1.80. The summed E-state index contributed by atoms with van der Waals surface area (Å²) in [5.74, 6) is 1.05. The number of nitrogens with zero attached hydrogens (tertiary/aromatic N) is 6. The zero-order valence-corrected chi connectivity index (χ0v) is 12.9. The maximum Gasteiger partial charge on any atom is 0.258 e. The van der Waals surface area contributed by atoms with Gasteiger partial charge in [-0.1, -0.05) is 13.8 Å². The van der Waals surface area contributed by atoms with E-state index in [0.29, 0.717) is 31.0 Å². The van der Waals surface area contributed by atoms with Crippen molar-refractivity contribution < 1.29 is 4.74 Å². The molecule has 0 aromatic carbocycles. The summed E-state index contributed by atoms with van der Waals surface area (Å²) in [6.45, 7) is 7.37. The summed E-state index contributed by atoms with van der Waals surface area (Å²) in [6.07, 6.45) is 2.90. The molecule has 2 rings (SSSR count). The molecule has 1 atom stereocenters. The normalized spacial score (nSPS) is 12.6. The van der Waals surface area contributed by atoms with Gasteiger partial charge in [0.05, 0.1) is 12.6 Å². The van der Waals surface area contributed by atoms with Crippen molar-refractivity contribution in [2.24, 2.45) is 5.92 Å². The van der Waals surface area contributed by atoms with Gasteiger partial charge in [-0.05, 0) is 24.4 Å². The highest BCUT2D eigenvalue weighted by molar-refractivity contribution is 6.28. The second-order valence-corrected chi connectivity index (χ2v) is 5.06. The fraction of sp³-hybridized carbons (Fsp3) is 0.583. The number of nitrogens with one attached hydrogen (secondary N) is 1. The standard InChI is InChI=1S/C12H18ClN7O/c1-4-21-5-9(8(2)3)16-11-17-10(13)18-12(19-11)20-7-14-6-15-20/h6-9H,4-5H2,1-3H3,(H,16,17,18,19). The van der Waals surface area contributed by atoms with Gasteiger partial charge >= 0.3 is 0 Å². The van der Waals surface area contributed by atoms with E-state index in [1.54, 1.807) is 0 Å². The third-order valence-corrected chi connectivity index (χ3v) is 3.01. The third-order valence-electron chi connectivity index (χ3n) is 2.84. The fourth-order valence-electron chi connectivity index (χ4n) is 1.63. The maximum atomic E-state index is 5.94. The van der Waals surface area contributed by atoms with Crippen molar-refractivity contribution in [3.8, 4) is 5.95 Å². The minimum Gasteiger partial charge on any atom is -0.380 e. The van der Waals surface area contributed by atoms with Crippen LogP contribution >= 0.6 is 11.6 Å². The number of aromatic nitrogens is 6. The Morgan fingerprint density at radius 1 is 1.33 bits per heavy atom. The third kappa shape index (κ3) is 4.33. The lowest BCUT2D eigenvalue weighted by Crippen LogP contribution is -2.32. The van der Waals surface area contributed by atoms with E-state index in [1.807, 2.05) is 6.92 Å². The van der Waals surface area contributed by atoms with Gasteiger partial charge in [0.1, 0.15) is 12.7 Å². The number of halogens is 1. The Bertz CT molecular complexity index is 561. The minimum absolute atomic E-state index is 0.0759. The van der Waals surface area contributed by atoms with Gasteiger partial charge in [-0.2, -0.15) is 24.7 Å². The van der Waals surface area contributed by atoms with Crippen LogP contribution in [0.5, 0.6) is 0 Å². The molecule has 1 N–H and O–H groups in total. The molecular weight excluding hydrogens is 294 g/mol. The largest absolute Gasteiger partial charge is 0.380 e. The van der Waals surface area contributed by atoms with E-state index in [4.69, 9.17) is 16.3 Å². The number of ether oxygens (including phenoxy) is 1. The zero-order chi connectivity index (χ0) is 15.2. The lowest BCUT2D eigenvalue weighted by molar-refractivity contribution is 0.126. The molecule has 9 heteroatoms. The van der Waals surface area contributed by atoms with Crippen molar-refractivity contribution in [3.63, 3.8) is 0 Å². The van der Waals surface area contributed by atoms with E-state index in [1.165, 1.54) is 17.3 Å². The molecule has 0 fully saturated rings. The van der Waals surface area contributed by atoms with Crippen LogP contribution in [0, 0.1) is 5.92 Å². The first-order valence-electron chi connectivity index (χ1n) is 6.71. The van der Waals surface area contributed by atoms with Crippen LogP contribution in [0.25, 0.3) is 5.95 Å². The summed E-state index contributed by atoms with van der Waals surface area (Å²) < 4.78 is 6.89. The molecular formula is C12H18ClN7O. The molecule has 0 spiro atoms. The Kier molecular flexibility index (Phi) is 5.40. The van der Waals surface area contributed by atoms with Crippen LogP contribution in [-0.2, 0) is 4.74 Å². The van der Waals surface area contributed by atoms with Crippen LogP contribution in [-0.4, -0.2) is 49.0 Å². The Morgan fingerprint density at radius 3 is 2.76 bits per heavy atom.